The summed E-state index contributed by atoms with van der Waals surface area (Å²) in [5.41, 5.74) is 2.17. The molecule has 5 heteroatoms. The summed E-state index contributed by atoms with van der Waals surface area (Å²) in [4.78, 5) is 0. The van der Waals surface area contributed by atoms with Gasteiger partial charge in [-0.15, -0.1) is 0 Å². The zero-order chi connectivity index (χ0) is 18.4. The smallest absolute Gasteiger partial charge is 0.160 e. The first-order valence-electron chi connectivity index (χ1n) is 8.46. The van der Waals surface area contributed by atoms with E-state index in [2.05, 4.69) is 5.32 Å². The molecule has 0 amide bonds. The number of nitrogens with one attached hydrogen (secondary N) is 1. The highest BCUT2D eigenvalue weighted by Gasteiger charge is 2.06. The fourth-order valence-corrected chi connectivity index (χ4v) is 2.94. The number of hydrogen-bond acceptors (Lipinski definition) is 4. The van der Waals surface area contributed by atoms with Crippen molar-refractivity contribution in [2.75, 3.05) is 20.8 Å². The van der Waals surface area contributed by atoms with Gasteiger partial charge in [0, 0.05) is 10.6 Å². The summed E-state index contributed by atoms with van der Waals surface area (Å²) in [6, 6.07) is 17.6. The van der Waals surface area contributed by atoms with Crippen LogP contribution in [0.4, 0.5) is 0 Å². The van der Waals surface area contributed by atoms with Gasteiger partial charge in [-0.25, -0.2) is 0 Å². The standard InChI is InChI=1S/C21H22ClNO3/c1-24-20-8-6-15(12-21(20)25-2)10-11-23-14-18-7-9-19(26-18)16-4-3-5-17(22)13-16/h3-9,12-13,23H,10-11,14H2,1-2H3. The van der Waals surface area contributed by atoms with Crippen LogP contribution in [0.1, 0.15) is 11.3 Å². The molecule has 0 atom stereocenters. The van der Waals surface area contributed by atoms with Gasteiger partial charge in [0.25, 0.3) is 0 Å². The lowest BCUT2D eigenvalue weighted by atomic mass is 10.1. The molecule has 0 radical (unpaired) electrons. The summed E-state index contributed by atoms with van der Waals surface area (Å²) in [6.45, 7) is 1.51. The van der Waals surface area contributed by atoms with Gasteiger partial charge in [-0.1, -0.05) is 29.8 Å². The molecule has 0 saturated carbocycles. The maximum Gasteiger partial charge on any atom is 0.160 e. The number of hydrogen-bond donors (Lipinski definition) is 1. The SMILES string of the molecule is COc1ccc(CCNCc2ccc(-c3cccc(Cl)c3)o2)cc1OC. The Morgan fingerprint density at radius 1 is 0.962 bits per heavy atom. The van der Waals surface area contributed by atoms with E-state index < -0.39 is 0 Å². The summed E-state index contributed by atoms with van der Waals surface area (Å²) in [6.07, 6.45) is 0.891. The highest BCUT2D eigenvalue weighted by atomic mass is 35.5. The van der Waals surface area contributed by atoms with E-state index in [0.29, 0.717) is 11.6 Å². The average Bonchev–Trinajstić information content (AvgIpc) is 3.14. The van der Waals surface area contributed by atoms with Crippen molar-refractivity contribution in [3.05, 3.63) is 70.9 Å². The van der Waals surface area contributed by atoms with Crippen LogP contribution < -0.4 is 14.8 Å². The van der Waals surface area contributed by atoms with Crippen molar-refractivity contribution in [3.8, 4) is 22.8 Å². The van der Waals surface area contributed by atoms with Crippen LogP contribution in [0.3, 0.4) is 0 Å². The van der Waals surface area contributed by atoms with Crippen molar-refractivity contribution in [3.63, 3.8) is 0 Å². The molecule has 0 unspecified atom stereocenters. The van der Waals surface area contributed by atoms with Crippen molar-refractivity contribution in [1.82, 2.24) is 5.32 Å². The fourth-order valence-electron chi connectivity index (χ4n) is 2.75. The zero-order valence-electron chi connectivity index (χ0n) is 14.9. The quantitative estimate of drug-likeness (QED) is 0.569. The molecule has 0 spiro atoms. The largest absolute Gasteiger partial charge is 0.493 e. The molecular weight excluding hydrogens is 350 g/mol. The van der Waals surface area contributed by atoms with E-state index >= 15 is 0 Å². The average molecular weight is 372 g/mol. The minimum Gasteiger partial charge on any atom is -0.493 e. The Hall–Kier alpha value is -2.43. The first-order chi connectivity index (χ1) is 12.7. The van der Waals surface area contributed by atoms with E-state index in [0.717, 1.165) is 41.5 Å². The predicted octanol–water partition coefficient (Wildman–Crippen LogP) is 4.95. The minimum absolute atomic E-state index is 0.674. The molecule has 0 aliphatic rings. The van der Waals surface area contributed by atoms with Gasteiger partial charge >= 0.3 is 0 Å². The molecule has 0 saturated heterocycles. The lowest BCUT2D eigenvalue weighted by molar-refractivity contribution is 0.354. The Labute approximate surface area is 158 Å². The van der Waals surface area contributed by atoms with Crippen molar-refractivity contribution < 1.29 is 13.9 Å². The van der Waals surface area contributed by atoms with Crippen molar-refractivity contribution >= 4 is 11.6 Å². The molecule has 2 aromatic carbocycles. The number of rotatable bonds is 8. The lowest BCUT2D eigenvalue weighted by Crippen LogP contribution is -2.16. The minimum atomic E-state index is 0.674. The Kier molecular flexibility index (Phi) is 6.21. The summed E-state index contributed by atoms with van der Waals surface area (Å²) in [5.74, 6) is 3.21. The highest BCUT2D eigenvalue weighted by molar-refractivity contribution is 6.30. The topological polar surface area (TPSA) is 43.6 Å². The van der Waals surface area contributed by atoms with E-state index in [1.54, 1.807) is 14.2 Å². The molecule has 1 heterocycles. The fraction of sp³-hybridized carbons (Fsp3) is 0.238. The van der Waals surface area contributed by atoms with Crippen LogP contribution >= 0.6 is 11.6 Å². The molecule has 3 aromatic rings. The van der Waals surface area contributed by atoms with Gasteiger partial charge in [-0.2, -0.15) is 0 Å². The van der Waals surface area contributed by atoms with Gasteiger partial charge in [0.05, 0.1) is 20.8 Å². The molecule has 0 aliphatic heterocycles. The van der Waals surface area contributed by atoms with Gasteiger partial charge < -0.3 is 19.2 Å². The number of halogens is 1. The molecule has 0 aliphatic carbocycles. The van der Waals surface area contributed by atoms with Crippen molar-refractivity contribution in [2.24, 2.45) is 0 Å². The first kappa shape index (κ1) is 18.4. The van der Waals surface area contributed by atoms with E-state index in [9.17, 15) is 0 Å². The van der Waals surface area contributed by atoms with Crippen molar-refractivity contribution in [1.29, 1.82) is 0 Å². The van der Waals surface area contributed by atoms with Crippen LogP contribution in [-0.2, 0) is 13.0 Å². The van der Waals surface area contributed by atoms with Crippen LogP contribution in [0.15, 0.2) is 59.0 Å². The van der Waals surface area contributed by atoms with Crippen LogP contribution in [-0.4, -0.2) is 20.8 Å². The summed E-state index contributed by atoms with van der Waals surface area (Å²) in [5, 5.41) is 4.10. The van der Waals surface area contributed by atoms with Gasteiger partial charge in [0.2, 0.25) is 0 Å². The van der Waals surface area contributed by atoms with E-state index in [-0.39, 0.29) is 0 Å². The number of ether oxygens (including phenoxy) is 2. The van der Waals surface area contributed by atoms with Crippen LogP contribution in [0, 0.1) is 0 Å². The van der Waals surface area contributed by atoms with Gasteiger partial charge in [0.1, 0.15) is 11.5 Å². The van der Waals surface area contributed by atoms with Crippen LogP contribution in [0.25, 0.3) is 11.3 Å². The van der Waals surface area contributed by atoms with Crippen LogP contribution in [0.2, 0.25) is 5.02 Å². The second-order valence-corrected chi connectivity index (χ2v) is 6.33. The number of benzene rings is 2. The molecular formula is C21H22ClNO3. The van der Waals surface area contributed by atoms with Gasteiger partial charge in [-0.05, 0) is 54.9 Å². The molecule has 26 heavy (non-hydrogen) atoms. The van der Waals surface area contributed by atoms with Crippen molar-refractivity contribution in [2.45, 2.75) is 13.0 Å². The Morgan fingerprint density at radius 2 is 1.81 bits per heavy atom. The van der Waals surface area contributed by atoms with Gasteiger partial charge in [-0.3, -0.25) is 0 Å². The molecule has 0 fully saturated rings. The molecule has 4 nitrogen and oxygen atoms in total. The monoisotopic (exact) mass is 371 g/mol. The molecule has 3 rings (SSSR count). The van der Waals surface area contributed by atoms with E-state index in [1.165, 1.54) is 5.56 Å². The summed E-state index contributed by atoms with van der Waals surface area (Å²) >= 11 is 6.03. The lowest BCUT2D eigenvalue weighted by Gasteiger charge is -2.09. The first-order valence-corrected chi connectivity index (χ1v) is 8.83. The van der Waals surface area contributed by atoms with Gasteiger partial charge in [0.15, 0.2) is 11.5 Å². The molecule has 1 N–H and O–H groups in total. The molecule has 1 aromatic heterocycles. The molecule has 0 bridgehead atoms. The normalized spacial score (nSPS) is 10.7. The maximum atomic E-state index is 6.03. The maximum absolute atomic E-state index is 6.03. The molecule has 136 valence electrons. The number of methoxy groups -OCH3 is 2. The Bertz CT molecular complexity index is 860. The third-order valence-corrected chi connectivity index (χ3v) is 4.34. The van der Waals surface area contributed by atoms with E-state index in [4.69, 9.17) is 25.5 Å². The third kappa shape index (κ3) is 4.59. The van der Waals surface area contributed by atoms with E-state index in [1.807, 2.05) is 54.6 Å². The Morgan fingerprint density at radius 3 is 2.58 bits per heavy atom. The third-order valence-electron chi connectivity index (χ3n) is 4.11. The second kappa shape index (κ2) is 8.79. The zero-order valence-corrected chi connectivity index (χ0v) is 15.7. The predicted molar refractivity (Wildman–Crippen MR) is 104 cm³/mol. The Balaban J connectivity index is 1.51. The summed E-state index contributed by atoms with van der Waals surface area (Å²) in [7, 11) is 3.29. The number of furan rings is 1. The van der Waals surface area contributed by atoms with Crippen LogP contribution in [0.5, 0.6) is 11.5 Å². The second-order valence-electron chi connectivity index (χ2n) is 5.89. The highest BCUT2D eigenvalue weighted by Crippen LogP contribution is 2.27. The summed E-state index contributed by atoms with van der Waals surface area (Å²) < 4.78 is 16.5.